The van der Waals surface area contributed by atoms with Crippen molar-refractivity contribution >= 4 is 10.9 Å². The van der Waals surface area contributed by atoms with E-state index < -0.39 is 0 Å². The third kappa shape index (κ3) is 2.96. The van der Waals surface area contributed by atoms with Crippen LogP contribution in [0.1, 0.15) is 12.0 Å². The van der Waals surface area contributed by atoms with Crippen LogP contribution in [0.5, 0.6) is 0 Å². The summed E-state index contributed by atoms with van der Waals surface area (Å²) in [6.07, 6.45) is 4.16. The third-order valence-corrected chi connectivity index (χ3v) is 3.75. The number of hydrogen-bond donors (Lipinski definition) is 1. The van der Waals surface area contributed by atoms with E-state index in [-0.39, 0.29) is 5.82 Å². The molecule has 1 saturated heterocycles. The normalized spacial score (nSPS) is 17.1. The van der Waals surface area contributed by atoms with Crippen molar-refractivity contribution in [2.75, 3.05) is 32.8 Å². The second-order valence-electron chi connectivity index (χ2n) is 5.06. The molecule has 0 unspecified atom stereocenters. The van der Waals surface area contributed by atoms with Crippen LogP contribution >= 0.6 is 0 Å². The number of rotatable bonds is 4. The van der Waals surface area contributed by atoms with Crippen LogP contribution in [0, 0.1) is 5.82 Å². The molecule has 1 N–H and O–H groups in total. The summed E-state index contributed by atoms with van der Waals surface area (Å²) in [6.45, 7) is 4.90. The van der Waals surface area contributed by atoms with Crippen LogP contribution in [-0.2, 0) is 11.2 Å². The zero-order chi connectivity index (χ0) is 13.1. The SMILES string of the molecule is Fc1ccc2c(CCCN3CCOCC3)c[nH]c2c1. The second kappa shape index (κ2) is 5.72. The maximum atomic E-state index is 13.1. The highest BCUT2D eigenvalue weighted by atomic mass is 19.1. The van der Waals surface area contributed by atoms with Crippen LogP contribution in [0.2, 0.25) is 0 Å². The molecule has 1 aromatic carbocycles. The summed E-state index contributed by atoms with van der Waals surface area (Å²) in [5.74, 6) is -0.186. The van der Waals surface area contributed by atoms with Crippen LogP contribution in [0.3, 0.4) is 0 Å². The number of benzene rings is 1. The van der Waals surface area contributed by atoms with Gasteiger partial charge in [0.2, 0.25) is 0 Å². The Kier molecular flexibility index (Phi) is 3.80. The fraction of sp³-hybridized carbons (Fsp3) is 0.467. The minimum absolute atomic E-state index is 0.186. The van der Waals surface area contributed by atoms with Gasteiger partial charge in [-0.25, -0.2) is 4.39 Å². The first kappa shape index (κ1) is 12.6. The summed E-state index contributed by atoms with van der Waals surface area (Å²) in [4.78, 5) is 5.59. The molecule has 3 rings (SSSR count). The molecule has 3 nitrogen and oxygen atoms in total. The number of aryl methyl sites for hydroxylation is 1. The molecule has 0 amide bonds. The van der Waals surface area contributed by atoms with Gasteiger partial charge < -0.3 is 9.72 Å². The van der Waals surface area contributed by atoms with Crippen LogP contribution < -0.4 is 0 Å². The monoisotopic (exact) mass is 262 g/mol. The van der Waals surface area contributed by atoms with Gasteiger partial charge >= 0.3 is 0 Å². The molecule has 0 bridgehead atoms. The van der Waals surface area contributed by atoms with Gasteiger partial charge in [0, 0.05) is 30.2 Å². The quantitative estimate of drug-likeness (QED) is 0.917. The van der Waals surface area contributed by atoms with Gasteiger partial charge in [-0.05, 0) is 43.1 Å². The number of ether oxygens (including phenoxy) is 1. The molecule has 2 aromatic rings. The number of hydrogen-bond acceptors (Lipinski definition) is 2. The highest BCUT2D eigenvalue weighted by Gasteiger charge is 2.10. The second-order valence-corrected chi connectivity index (χ2v) is 5.06. The lowest BCUT2D eigenvalue weighted by Crippen LogP contribution is -2.36. The van der Waals surface area contributed by atoms with E-state index in [1.165, 1.54) is 11.6 Å². The van der Waals surface area contributed by atoms with Gasteiger partial charge in [0.15, 0.2) is 0 Å². The van der Waals surface area contributed by atoms with E-state index in [9.17, 15) is 4.39 Å². The van der Waals surface area contributed by atoms with Crippen molar-refractivity contribution in [3.63, 3.8) is 0 Å². The Balaban J connectivity index is 1.59. The first-order valence-electron chi connectivity index (χ1n) is 6.88. The Labute approximate surface area is 112 Å². The van der Waals surface area contributed by atoms with Gasteiger partial charge in [0.1, 0.15) is 5.82 Å². The van der Waals surface area contributed by atoms with Crippen molar-refractivity contribution in [1.82, 2.24) is 9.88 Å². The molecule has 0 radical (unpaired) electrons. The van der Waals surface area contributed by atoms with E-state index in [1.54, 1.807) is 6.07 Å². The average molecular weight is 262 g/mol. The maximum absolute atomic E-state index is 13.1. The summed E-state index contributed by atoms with van der Waals surface area (Å²) < 4.78 is 18.4. The van der Waals surface area contributed by atoms with E-state index in [0.29, 0.717) is 0 Å². The van der Waals surface area contributed by atoms with E-state index in [4.69, 9.17) is 4.74 Å². The lowest BCUT2D eigenvalue weighted by Gasteiger charge is -2.26. The fourth-order valence-corrected chi connectivity index (χ4v) is 2.68. The average Bonchev–Trinajstić information content (AvgIpc) is 2.82. The number of aromatic amines is 1. The summed E-state index contributed by atoms with van der Waals surface area (Å²) in [7, 11) is 0. The predicted octanol–water partition coefficient (Wildman–Crippen LogP) is 2.57. The number of nitrogens with one attached hydrogen (secondary N) is 1. The molecule has 0 aliphatic carbocycles. The minimum Gasteiger partial charge on any atom is -0.379 e. The smallest absolute Gasteiger partial charge is 0.125 e. The van der Waals surface area contributed by atoms with Crippen molar-refractivity contribution in [2.45, 2.75) is 12.8 Å². The number of morpholine rings is 1. The zero-order valence-corrected chi connectivity index (χ0v) is 11.0. The van der Waals surface area contributed by atoms with Gasteiger partial charge in [-0.15, -0.1) is 0 Å². The molecule has 4 heteroatoms. The zero-order valence-electron chi connectivity index (χ0n) is 11.0. The summed E-state index contributed by atoms with van der Waals surface area (Å²) in [6, 6.07) is 4.95. The molecule has 1 fully saturated rings. The molecule has 1 aliphatic rings. The molecule has 0 saturated carbocycles. The molecular formula is C15H19FN2O. The molecule has 1 aromatic heterocycles. The number of H-pyrrole nitrogens is 1. The Bertz CT molecular complexity index is 546. The molecule has 19 heavy (non-hydrogen) atoms. The largest absolute Gasteiger partial charge is 0.379 e. The highest BCUT2D eigenvalue weighted by molar-refractivity contribution is 5.83. The van der Waals surface area contributed by atoms with E-state index in [1.807, 2.05) is 12.3 Å². The summed E-state index contributed by atoms with van der Waals surface area (Å²) in [5, 5.41) is 1.14. The van der Waals surface area contributed by atoms with Gasteiger partial charge in [-0.3, -0.25) is 4.90 Å². The molecule has 0 spiro atoms. The van der Waals surface area contributed by atoms with Crippen molar-refractivity contribution < 1.29 is 9.13 Å². The lowest BCUT2D eigenvalue weighted by atomic mass is 10.1. The highest BCUT2D eigenvalue weighted by Crippen LogP contribution is 2.20. The fourth-order valence-electron chi connectivity index (χ4n) is 2.68. The van der Waals surface area contributed by atoms with Gasteiger partial charge in [-0.2, -0.15) is 0 Å². The van der Waals surface area contributed by atoms with Gasteiger partial charge in [-0.1, -0.05) is 0 Å². The van der Waals surface area contributed by atoms with Crippen LogP contribution in [0.15, 0.2) is 24.4 Å². The molecule has 102 valence electrons. The summed E-state index contributed by atoms with van der Waals surface area (Å²) >= 11 is 0. The van der Waals surface area contributed by atoms with Crippen LogP contribution in [0.4, 0.5) is 4.39 Å². The number of aromatic nitrogens is 1. The Morgan fingerprint density at radius 1 is 1.26 bits per heavy atom. The van der Waals surface area contributed by atoms with E-state index in [2.05, 4.69) is 9.88 Å². The molecule has 0 atom stereocenters. The van der Waals surface area contributed by atoms with Crippen LogP contribution in [0.25, 0.3) is 10.9 Å². The Morgan fingerprint density at radius 2 is 2.11 bits per heavy atom. The standard InChI is InChI=1S/C15H19FN2O/c16-13-3-4-14-12(11-17-15(14)10-13)2-1-5-18-6-8-19-9-7-18/h3-4,10-11,17H,1-2,5-9H2. The lowest BCUT2D eigenvalue weighted by molar-refractivity contribution is 0.0375. The predicted molar refractivity (Wildman–Crippen MR) is 73.8 cm³/mol. The van der Waals surface area contributed by atoms with Crippen molar-refractivity contribution in [3.05, 3.63) is 35.8 Å². The van der Waals surface area contributed by atoms with Crippen LogP contribution in [-0.4, -0.2) is 42.7 Å². The third-order valence-electron chi connectivity index (χ3n) is 3.75. The molecular weight excluding hydrogens is 243 g/mol. The van der Waals surface area contributed by atoms with E-state index >= 15 is 0 Å². The van der Waals surface area contributed by atoms with Crippen molar-refractivity contribution in [3.8, 4) is 0 Å². The molecule has 1 aliphatic heterocycles. The minimum atomic E-state index is -0.186. The van der Waals surface area contributed by atoms with Gasteiger partial charge in [0.25, 0.3) is 0 Å². The first-order valence-corrected chi connectivity index (χ1v) is 6.88. The number of nitrogens with zero attached hydrogens (tertiary/aromatic N) is 1. The first-order chi connectivity index (χ1) is 9.33. The van der Waals surface area contributed by atoms with Gasteiger partial charge in [0.05, 0.1) is 13.2 Å². The topological polar surface area (TPSA) is 28.3 Å². The Hall–Kier alpha value is -1.39. The van der Waals surface area contributed by atoms with Crippen molar-refractivity contribution in [1.29, 1.82) is 0 Å². The number of fused-ring (bicyclic) bond motifs is 1. The van der Waals surface area contributed by atoms with Crippen molar-refractivity contribution in [2.24, 2.45) is 0 Å². The Morgan fingerprint density at radius 3 is 2.95 bits per heavy atom. The maximum Gasteiger partial charge on any atom is 0.125 e. The summed E-state index contributed by atoms with van der Waals surface area (Å²) in [5.41, 5.74) is 2.17. The van der Waals surface area contributed by atoms with E-state index in [0.717, 1.165) is 56.6 Å². The molecule has 2 heterocycles. The number of halogens is 1.